The zero-order valence-electron chi connectivity index (χ0n) is 10.8. The Kier molecular flexibility index (Phi) is 6.70. The second-order valence-electron chi connectivity index (χ2n) is 4.69. The standard InChI is InChI=1S/C13H22BrNOS/c1-4-10(15)13(16-8-7-9(2)3)11-5-6-12(14)17-11/h5-6,9-10,13H,4,7-8,15H2,1-3H3. The lowest BCUT2D eigenvalue weighted by Crippen LogP contribution is -2.29. The lowest BCUT2D eigenvalue weighted by atomic mass is 10.1. The van der Waals surface area contributed by atoms with Gasteiger partial charge in [-0.1, -0.05) is 20.8 Å². The summed E-state index contributed by atoms with van der Waals surface area (Å²) in [6, 6.07) is 4.23. The van der Waals surface area contributed by atoms with Gasteiger partial charge in [0.25, 0.3) is 0 Å². The molecular formula is C13H22BrNOS. The van der Waals surface area contributed by atoms with Crippen LogP contribution in [0, 0.1) is 5.92 Å². The summed E-state index contributed by atoms with van der Waals surface area (Å²) < 4.78 is 7.10. The van der Waals surface area contributed by atoms with Crippen molar-refractivity contribution in [2.75, 3.05) is 6.61 Å². The highest BCUT2D eigenvalue weighted by atomic mass is 79.9. The molecule has 2 N–H and O–H groups in total. The normalized spacial score (nSPS) is 15.2. The third-order valence-electron chi connectivity index (χ3n) is 2.73. The van der Waals surface area contributed by atoms with E-state index in [4.69, 9.17) is 10.5 Å². The maximum absolute atomic E-state index is 6.14. The summed E-state index contributed by atoms with van der Waals surface area (Å²) in [5, 5.41) is 0. The van der Waals surface area contributed by atoms with E-state index in [1.165, 1.54) is 4.88 Å². The van der Waals surface area contributed by atoms with Crippen LogP contribution >= 0.6 is 27.3 Å². The summed E-state index contributed by atoms with van der Waals surface area (Å²) in [4.78, 5) is 1.22. The number of nitrogens with two attached hydrogens (primary N) is 1. The van der Waals surface area contributed by atoms with Crippen LogP contribution in [-0.4, -0.2) is 12.6 Å². The minimum Gasteiger partial charge on any atom is -0.371 e. The summed E-state index contributed by atoms with van der Waals surface area (Å²) >= 11 is 5.20. The molecule has 4 heteroatoms. The fraction of sp³-hybridized carbons (Fsp3) is 0.692. The number of thiophene rings is 1. The minimum atomic E-state index is 0.0371. The Bertz CT molecular complexity index is 327. The van der Waals surface area contributed by atoms with Crippen LogP contribution in [0.2, 0.25) is 0 Å². The molecule has 0 saturated heterocycles. The van der Waals surface area contributed by atoms with Gasteiger partial charge in [-0.05, 0) is 46.8 Å². The lowest BCUT2D eigenvalue weighted by molar-refractivity contribution is 0.0298. The molecule has 0 bridgehead atoms. The van der Waals surface area contributed by atoms with Crippen LogP contribution < -0.4 is 5.73 Å². The fourth-order valence-corrected chi connectivity index (χ4v) is 3.09. The molecule has 0 fully saturated rings. The molecule has 2 unspecified atom stereocenters. The fourth-order valence-electron chi connectivity index (χ4n) is 1.54. The Hall–Kier alpha value is 0.1000. The molecule has 17 heavy (non-hydrogen) atoms. The van der Waals surface area contributed by atoms with E-state index >= 15 is 0 Å². The number of rotatable bonds is 7. The Balaban J connectivity index is 2.61. The van der Waals surface area contributed by atoms with Gasteiger partial charge in [-0.25, -0.2) is 0 Å². The predicted octanol–water partition coefficient (Wildman–Crippen LogP) is 4.35. The Labute approximate surface area is 117 Å². The van der Waals surface area contributed by atoms with Gasteiger partial charge in [0.05, 0.1) is 3.79 Å². The Morgan fingerprint density at radius 2 is 2.12 bits per heavy atom. The zero-order chi connectivity index (χ0) is 12.8. The summed E-state index contributed by atoms with van der Waals surface area (Å²) in [6.45, 7) is 7.30. The van der Waals surface area contributed by atoms with Gasteiger partial charge >= 0.3 is 0 Å². The van der Waals surface area contributed by atoms with Gasteiger partial charge < -0.3 is 10.5 Å². The Morgan fingerprint density at radius 3 is 2.59 bits per heavy atom. The first-order valence-electron chi connectivity index (χ1n) is 6.17. The second-order valence-corrected chi connectivity index (χ2v) is 7.18. The molecule has 2 atom stereocenters. The highest BCUT2D eigenvalue weighted by Crippen LogP contribution is 2.31. The topological polar surface area (TPSA) is 35.2 Å². The molecule has 0 aliphatic carbocycles. The molecule has 1 rings (SSSR count). The summed E-state index contributed by atoms with van der Waals surface area (Å²) in [6.07, 6.45) is 2.05. The molecule has 98 valence electrons. The van der Waals surface area contributed by atoms with E-state index < -0.39 is 0 Å². The summed E-state index contributed by atoms with van der Waals surface area (Å²) in [5.41, 5.74) is 6.14. The molecule has 0 spiro atoms. The molecule has 1 heterocycles. The first-order valence-corrected chi connectivity index (χ1v) is 7.78. The maximum atomic E-state index is 6.14. The minimum absolute atomic E-state index is 0.0371. The van der Waals surface area contributed by atoms with E-state index in [9.17, 15) is 0 Å². The van der Waals surface area contributed by atoms with E-state index in [1.54, 1.807) is 11.3 Å². The van der Waals surface area contributed by atoms with Crippen molar-refractivity contribution in [2.45, 2.75) is 45.8 Å². The largest absolute Gasteiger partial charge is 0.371 e. The van der Waals surface area contributed by atoms with Crippen molar-refractivity contribution in [1.29, 1.82) is 0 Å². The zero-order valence-corrected chi connectivity index (χ0v) is 13.2. The molecule has 0 aromatic carbocycles. The van der Waals surface area contributed by atoms with Gasteiger partial charge in [-0.2, -0.15) is 0 Å². The molecule has 2 nitrogen and oxygen atoms in total. The van der Waals surface area contributed by atoms with Crippen molar-refractivity contribution in [3.05, 3.63) is 20.8 Å². The maximum Gasteiger partial charge on any atom is 0.107 e. The van der Waals surface area contributed by atoms with E-state index in [0.29, 0.717) is 5.92 Å². The summed E-state index contributed by atoms with van der Waals surface area (Å²) in [7, 11) is 0. The quantitative estimate of drug-likeness (QED) is 0.810. The van der Waals surface area contributed by atoms with Gasteiger partial charge in [-0.15, -0.1) is 11.3 Å². The van der Waals surface area contributed by atoms with Crippen LogP contribution in [0.3, 0.4) is 0 Å². The number of halogens is 1. The predicted molar refractivity (Wildman–Crippen MR) is 78.4 cm³/mol. The number of hydrogen-bond acceptors (Lipinski definition) is 3. The molecule has 0 aliphatic heterocycles. The van der Waals surface area contributed by atoms with Crippen molar-refractivity contribution in [3.63, 3.8) is 0 Å². The number of ether oxygens (including phenoxy) is 1. The van der Waals surface area contributed by atoms with E-state index in [1.807, 2.05) is 0 Å². The second kappa shape index (κ2) is 7.52. The molecule has 0 radical (unpaired) electrons. The van der Waals surface area contributed by atoms with Crippen molar-refractivity contribution in [3.8, 4) is 0 Å². The molecule has 0 amide bonds. The third kappa shape index (κ3) is 5.08. The van der Waals surface area contributed by atoms with E-state index in [2.05, 4.69) is 48.8 Å². The number of hydrogen-bond donors (Lipinski definition) is 1. The summed E-state index contributed by atoms with van der Waals surface area (Å²) in [5.74, 6) is 0.670. The van der Waals surface area contributed by atoms with E-state index in [-0.39, 0.29) is 12.1 Å². The van der Waals surface area contributed by atoms with Crippen molar-refractivity contribution in [1.82, 2.24) is 0 Å². The molecule has 0 aliphatic rings. The first kappa shape index (κ1) is 15.2. The van der Waals surface area contributed by atoms with Gasteiger partial charge in [0.15, 0.2) is 0 Å². The highest BCUT2D eigenvalue weighted by molar-refractivity contribution is 9.11. The van der Waals surface area contributed by atoms with E-state index in [0.717, 1.165) is 23.2 Å². The molecule has 0 saturated carbocycles. The van der Waals surface area contributed by atoms with Crippen molar-refractivity contribution < 1.29 is 4.74 Å². The molecule has 1 aromatic rings. The van der Waals surface area contributed by atoms with Crippen molar-refractivity contribution in [2.24, 2.45) is 11.7 Å². The average Bonchev–Trinajstić information content (AvgIpc) is 2.69. The van der Waals surface area contributed by atoms with Crippen LogP contribution in [-0.2, 0) is 4.74 Å². The monoisotopic (exact) mass is 319 g/mol. The average molecular weight is 320 g/mol. The van der Waals surface area contributed by atoms with Crippen LogP contribution in [0.1, 0.15) is 44.6 Å². The third-order valence-corrected chi connectivity index (χ3v) is 4.41. The van der Waals surface area contributed by atoms with Gasteiger partial charge in [0.2, 0.25) is 0 Å². The van der Waals surface area contributed by atoms with Crippen LogP contribution in [0.15, 0.2) is 15.9 Å². The van der Waals surface area contributed by atoms with Gasteiger partial charge in [0.1, 0.15) is 6.10 Å². The van der Waals surface area contributed by atoms with Gasteiger partial charge in [-0.3, -0.25) is 0 Å². The molecular weight excluding hydrogens is 298 g/mol. The lowest BCUT2D eigenvalue weighted by Gasteiger charge is -2.22. The Morgan fingerprint density at radius 1 is 1.41 bits per heavy atom. The SMILES string of the molecule is CCC(N)C(OCCC(C)C)c1ccc(Br)s1. The van der Waals surface area contributed by atoms with Crippen LogP contribution in [0.25, 0.3) is 0 Å². The van der Waals surface area contributed by atoms with Crippen LogP contribution in [0.5, 0.6) is 0 Å². The first-order chi connectivity index (χ1) is 8.04. The van der Waals surface area contributed by atoms with Gasteiger partial charge in [0, 0.05) is 17.5 Å². The smallest absolute Gasteiger partial charge is 0.107 e. The molecule has 1 aromatic heterocycles. The van der Waals surface area contributed by atoms with Crippen LogP contribution in [0.4, 0.5) is 0 Å². The van der Waals surface area contributed by atoms with Crippen molar-refractivity contribution >= 4 is 27.3 Å². The highest BCUT2D eigenvalue weighted by Gasteiger charge is 2.20.